The number of pyridine rings is 1. The fourth-order valence-corrected chi connectivity index (χ4v) is 1.63. The number of halogens is 2. The van der Waals surface area contributed by atoms with E-state index in [0.717, 1.165) is 10.9 Å². The number of nitrogens with two attached hydrogens (primary N) is 1. The molecule has 0 saturated heterocycles. The maximum absolute atomic E-state index is 13.6. The fraction of sp³-hybridized carbons (Fsp3) is 0.250. The van der Waals surface area contributed by atoms with Crippen molar-refractivity contribution in [2.24, 2.45) is 5.73 Å². The summed E-state index contributed by atoms with van der Waals surface area (Å²) >= 11 is 0. The van der Waals surface area contributed by atoms with Crippen molar-refractivity contribution in [3.05, 3.63) is 42.1 Å². The van der Waals surface area contributed by atoms with E-state index in [9.17, 15) is 8.78 Å². The zero-order chi connectivity index (χ0) is 11.6. The van der Waals surface area contributed by atoms with Crippen molar-refractivity contribution in [3.8, 4) is 0 Å². The normalized spacial score (nSPS) is 11.9. The van der Waals surface area contributed by atoms with Crippen molar-refractivity contribution < 1.29 is 8.78 Å². The third-order valence-electron chi connectivity index (χ3n) is 2.48. The standard InChI is InChI=1S/C12H12F2N2/c13-12(14,5-6-15)10-3-4-11-9(8-10)2-1-7-16-11/h1-4,7-8H,5-6,15H2. The Bertz CT molecular complexity index is 497. The van der Waals surface area contributed by atoms with Crippen LogP contribution in [0.4, 0.5) is 8.78 Å². The molecule has 0 atom stereocenters. The number of aromatic nitrogens is 1. The van der Waals surface area contributed by atoms with Crippen molar-refractivity contribution >= 4 is 10.9 Å². The van der Waals surface area contributed by atoms with Gasteiger partial charge in [-0.3, -0.25) is 4.98 Å². The zero-order valence-corrected chi connectivity index (χ0v) is 8.66. The van der Waals surface area contributed by atoms with E-state index in [1.165, 1.54) is 12.1 Å². The van der Waals surface area contributed by atoms with Gasteiger partial charge in [0, 0.05) is 23.6 Å². The topological polar surface area (TPSA) is 38.9 Å². The van der Waals surface area contributed by atoms with Crippen LogP contribution in [-0.4, -0.2) is 11.5 Å². The average Bonchev–Trinajstić information content (AvgIpc) is 2.28. The predicted molar refractivity (Wildman–Crippen MR) is 59.3 cm³/mol. The number of benzene rings is 1. The predicted octanol–water partition coefficient (Wildman–Crippen LogP) is 2.68. The van der Waals surface area contributed by atoms with Crippen molar-refractivity contribution in [2.45, 2.75) is 12.3 Å². The lowest BCUT2D eigenvalue weighted by Gasteiger charge is -2.15. The van der Waals surface area contributed by atoms with Crippen LogP contribution in [0.1, 0.15) is 12.0 Å². The van der Waals surface area contributed by atoms with Crippen molar-refractivity contribution in [2.75, 3.05) is 6.54 Å². The first-order valence-corrected chi connectivity index (χ1v) is 5.06. The van der Waals surface area contributed by atoms with Gasteiger partial charge in [-0.1, -0.05) is 12.1 Å². The third kappa shape index (κ3) is 2.02. The van der Waals surface area contributed by atoms with Gasteiger partial charge in [-0.2, -0.15) is 0 Å². The highest BCUT2D eigenvalue weighted by Gasteiger charge is 2.30. The molecule has 0 amide bonds. The second-order valence-electron chi connectivity index (χ2n) is 3.65. The van der Waals surface area contributed by atoms with Crippen LogP contribution in [0.2, 0.25) is 0 Å². The van der Waals surface area contributed by atoms with Gasteiger partial charge < -0.3 is 5.73 Å². The summed E-state index contributed by atoms with van der Waals surface area (Å²) in [6.45, 7) is -0.0297. The lowest BCUT2D eigenvalue weighted by atomic mass is 10.0. The molecule has 2 rings (SSSR count). The fourth-order valence-electron chi connectivity index (χ4n) is 1.63. The van der Waals surface area contributed by atoms with E-state index in [0.29, 0.717) is 0 Å². The van der Waals surface area contributed by atoms with Gasteiger partial charge in [0.25, 0.3) is 5.92 Å². The second-order valence-corrected chi connectivity index (χ2v) is 3.65. The minimum absolute atomic E-state index is 0.00144. The SMILES string of the molecule is NCCC(F)(F)c1ccc2ncccc2c1. The molecule has 1 heterocycles. The third-order valence-corrected chi connectivity index (χ3v) is 2.48. The first kappa shape index (κ1) is 11.0. The zero-order valence-electron chi connectivity index (χ0n) is 8.66. The number of rotatable bonds is 3. The van der Waals surface area contributed by atoms with Crippen LogP contribution in [0.15, 0.2) is 36.5 Å². The molecule has 16 heavy (non-hydrogen) atoms. The Balaban J connectivity index is 2.46. The maximum Gasteiger partial charge on any atom is 0.274 e. The monoisotopic (exact) mass is 222 g/mol. The number of hydrogen-bond acceptors (Lipinski definition) is 2. The summed E-state index contributed by atoms with van der Waals surface area (Å²) < 4.78 is 27.2. The molecular weight excluding hydrogens is 210 g/mol. The van der Waals surface area contributed by atoms with E-state index in [4.69, 9.17) is 5.73 Å². The van der Waals surface area contributed by atoms with Crippen molar-refractivity contribution in [3.63, 3.8) is 0 Å². The quantitative estimate of drug-likeness (QED) is 0.867. The molecule has 2 aromatic rings. The first-order chi connectivity index (χ1) is 7.63. The summed E-state index contributed by atoms with van der Waals surface area (Å²) in [5, 5.41) is 0.719. The molecule has 84 valence electrons. The lowest BCUT2D eigenvalue weighted by molar-refractivity contribution is -0.0105. The molecule has 1 aromatic carbocycles. The summed E-state index contributed by atoms with van der Waals surface area (Å²) in [4.78, 5) is 4.08. The maximum atomic E-state index is 13.6. The van der Waals surface area contributed by atoms with Crippen LogP contribution in [0, 0.1) is 0 Å². The molecule has 0 aliphatic carbocycles. The van der Waals surface area contributed by atoms with Crippen LogP contribution in [0.5, 0.6) is 0 Å². The lowest BCUT2D eigenvalue weighted by Crippen LogP contribution is -2.18. The van der Waals surface area contributed by atoms with Crippen molar-refractivity contribution in [1.82, 2.24) is 4.98 Å². The smallest absolute Gasteiger partial charge is 0.274 e. The molecule has 4 heteroatoms. The Kier molecular flexibility index (Phi) is 2.83. The molecule has 0 aliphatic rings. The molecule has 0 spiro atoms. The van der Waals surface area contributed by atoms with E-state index in [1.54, 1.807) is 24.4 Å². The number of alkyl halides is 2. The molecule has 0 aliphatic heterocycles. The van der Waals surface area contributed by atoms with E-state index < -0.39 is 5.92 Å². The average molecular weight is 222 g/mol. The van der Waals surface area contributed by atoms with Gasteiger partial charge in [0.1, 0.15) is 0 Å². The molecule has 0 radical (unpaired) electrons. The van der Waals surface area contributed by atoms with E-state index in [-0.39, 0.29) is 18.5 Å². The van der Waals surface area contributed by atoms with Gasteiger partial charge in [0.15, 0.2) is 0 Å². The first-order valence-electron chi connectivity index (χ1n) is 5.06. The van der Waals surface area contributed by atoms with Gasteiger partial charge in [-0.25, -0.2) is 8.78 Å². The molecule has 2 N–H and O–H groups in total. The van der Waals surface area contributed by atoms with Crippen LogP contribution in [0.3, 0.4) is 0 Å². The number of fused-ring (bicyclic) bond motifs is 1. The van der Waals surface area contributed by atoms with Crippen molar-refractivity contribution in [1.29, 1.82) is 0 Å². The minimum Gasteiger partial charge on any atom is -0.330 e. The van der Waals surface area contributed by atoms with Gasteiger partial charge in [-0.05, 0) is 24.7 Å². The molecule has 0 unspecified atom stereocenters. The highest BCUT2D eigenvalue weighted by atomic mass is 19.3. The van der Waals surface area contributed by atoms with Gasteiger partial charge in [-0.15, -0.1) is 0 Å². The Morgan fingerprint density at radius 3 is 2.81 bits per heavy atom. The summed E-state index contributed by atoms with van der Waals surface area (Å²) in [7, 11) is 0. The molecule has 2 nitrogen and oxygen atoms in total. The summed E-state index contributed by atoms with van der Waals surface area (Å²) in [5.74, 6) is -2.86. The number of nitrogens with zero attached hydrogens (tertiary/aromatic N) is 1. The molecule has 0 saturated carbocycles. The minimum atomic E-state index is -2.86. The summed E-state index contributed by atoms with van der Waals surface area (Å²) in [5.41, 5.74) is 5.89. The van der Waals surface area contributed by atoms with Crippen LogP contribution in [-0.2, 0) is 5.92 Å². The Labute approximate surface area is 92.1 Å². The molecular formula is C12H12F2N2. The summed E-state index contributed by atoms with van der Waals surface area (Å²) in [6.07, 6.45) is 1.30. The van der Waals surface area contributed by atoms with Crippen LogP contribution < -0.4 is 5.73 Å². The molecule has 0 fully saturated rings. The highest BCUT2D eigenvalue weighted by molar-refractivity contribution is 5.79. The second kappa shape index (κ2) is 4.14. The Morgan fingerprint density at radius 1 is 1.25 bits per heavy atom. The number of hydrogen-bond donors (Lipinski definition) is 1. The van der Waals surface area contributed by atoms with E-state index in [2.05, 4.69) is 4.98 Å². The largest absolute Gasteiger partial charge is 0.330 e. The Hall–Kier alpha value is -1.55. The highest BCUT2D eigenvalue weighted by Crippen LogP contribution is 2.32. The summed E-state index contributed by atoms with van der Waals surface area (Å²) in [6, 6.07) is 7.98. The Morgan fingerprint density at radius 2 is 2.06 bits per heavy atom. The molecule has 1 aromatic heterocycles. The van der Waals surface area contributed by atoms with Gasteiger partial charge in [0.05, 0.1) is 5.52 Å². The van der Waals surface area contributed by atoms with E-state index >= 15 is 0 Å². The van der Waals surface area contributed by atoms with Gasteiger partial charge >= 0.3 is 0 Å². The van der Waals surface area contributed by atoms with Crippen LogP contribution >= 0.6 is 0 Å². The van der Waals surface area contributed by atoms with E-state index in [1.807, 2.05) is 0 Å². The van der Waals surface area contributed by atoms with Crippen LogP contribution in [0.25, 0.3) is 10.9 Å². The van der Waals surface area contributed by atoms with Gasteiger partial charge in [0.2, 0.25) is 0 Å². The molecule has 0 bridgehead atoms.